The van der Waals surface area contributed by atoms with E-state index in [1.165, 1.54) is 12.1 Å². The Bertz CT molecular complexity index is 517. The molecule has 0 aliphatic rings. The molecule has 2 aromatic carbocycles. The van der Waals surface area contributed by atoms with Crippen molar-refractivity contribution in [2.45, 2.75) is 12.7 Å². The summed E-state index contributed by atoms with van der Waals surface area (Å²) in [5.74, 6) is 0. The minimum Gasteiger partial charge on any atom is -0.326 e. The molecule has 0 bridgehead atoms. The van der Waals surface area contributed by atoms with Gasteiger partial charge in [-0.25, -0.2) is 0 Å². The van der Waals surface area contributed by atoms with E-state index in [-0.39, 0.29) is 11.9 Å². The summed E-state index contributed by atoms with van der Waals surface area (Å²) in [7, 11) is 0. The zero-order valence-electron chi connectivity index (χ0n) is 8.38. The highest BCUT2D eigenvalue weighted by molar-refractivity contribution is 5.89. The molecule has 0 heterocycles. The van der Waals surface area contributed by atoms with E-state index < -0.39 is 11.7 Å². The van der Waals surface area contributed by atoms with Gasteiger partial charge in [0.2, 0.25) is 0 Å². The van der Waals surface area contributed by atoms with Crippen LogP contribution in [-0.4, -0.2) is 0 Å². The molecule has 0 saturated heterocycles. The number of benzene rings is 2. The Morgan fingerprint density at radius 2 is 1.56 bits per heavy atom. The van der Waals surface area contributed by atoms with Crippen molar-refractivity contribution in [1.82, 2.24) is 0 Å². The zero-order valence-corrected chi connectivity index (χ0v) is 8.38. The molecule has 0 atom stereocenters. The van der Waals surface area contributed by atoms with Crippen LogP contribution >= 0.6 is 0 Å². The maximum Gasteiger partial charge on any atom is 0.417 e. The number of hydrogen-bond donors (Lipinski definition) is 1. The molecule has 1 nitrogen and oxygen atoms in total. The van der Waals surface area contributed by atoms with E-state index >= 15 is 0 Å². The molecular formula is C12H10F3N. The van der Waals surface area contributed by atoms with Crippen LogP contribution in [0.1, 0.15) is 11.1 Å². The van der Waals surface area contributed by atoms with E-state index in [1.807, 2.05) is 0 Å². The average molecular weight is 225 g/mol. The van der Waals surface area contributed by atoms with Gasteiger partial charge in [0.25, 0.3) is 0 Å². The average Bonchev–Trinajstić information content (AvgIpc) is 2.26. The molecule has 0 spiro atoms. The summed E-state index contributed by atoms with van der Waals surface area (Å²) in [4.78, 5) is 0. The molecule has 16 heavy (non-hydrogen) atoms. The van der Waals surface area contributed by atoms with Crippen LogP contribution in [0.2, 0.25) is 0 Å². The minimum atomic E-state index is -4.33. The van der Waals surface area contributed by atoms with Gasteiger partial charge in [-0.05, 0) is 22.4 Å². The van der Waals surface area contributed by atoms with Gasteiger partial charge in [0.1, 0.15) is 0 Å². The first-order chi connectivity index (χ1) is 7.54. The van der Waals surface area contributed by atoms with Crippen molar-refractivity contribution >= 4 is 10.8 Å². The van der Waals surface area contributed by atoms with E-state index in [2.05, 4.69) is 0 Å². The van der Waals surface area contributed by atoms with Crippen LogP contribution < -0.4 is 5.73 Å². The molecule has 0 aliphatic carbocycles. The van der Waals surface area contributed by atoms with E-state index in [4.69, 9.17) is 5.73 Å². The highest BCUT2D eigenvalue weighted by Crippen LogP contribution is 2.35. The zero-order chi connectivity index (χ0) is 11.8. The number of hydrogen-bond acceptors (Lipinski definition) is 1. The Morgan fingerprint density at radius 1 is 0.938 bits per heavy atom. The summed E-state index contributed by atoms with van der Waals surface area (Å²) in [6, 6.07) is 8.96. The maximum absolute atomic E-state index is 12.7. The minimum absolute atomic E-state index is 0.206. The van der Waals surface area contributed by atoms with Crippen molar-refractivity contribution in [2.75, 3.05) is 0 Å². The summed E-state index contributed by atoms with van der Waals surface area (Å²) in [6.07, 6.45) is -4.33. The SMILES string of the molecule is NCc1cccc2c(C(F)(F)F)cccc12. The molecule has 2 rings (SSSR count). The quantitative estimate of drug-likeness (QED) is 0.791. The predicted octanol–water partition coefficient (Wildman–Crippen LogP) is 3.32. The van der Waals surface area contributed by atoms with Gasteiger partial charge in [-0.3, -0.25) is 0 Å². The van der Waals surface area contributed by atoms with E-state index in [1.54, 1.807) is 18.2 Å². The first-order valence-corrected chi connectivity index (χ1v) is 4.82. The maximum atomic E-state index is 12.7. The van der Waals surface area contributed by atoms with Crippen LogP contribution in [0, 0.1) is 0 Å². The van der Waals surface area contributed by atoms with Crippen molar-refractivity contribution in [3.05, 3.63) is 47.5 Å². The molecule has 0 aromatic heterocycles. The van der Waals surface area contributed by atoms with Crippen molar-refractivity contribution in [2.24, 2.45) is 5.73 Å². The summed E-state index contributed by atoms with van der Waals surface area (Å²) in [6.45, 7) is 0.235. The third-order valence-electron chi connectivity index (χ3n) is 2.54. The Morgan fingerprint density at radius 3 is 2.19 bits per heavy atom. The first kappa shape index (κ1) is 11.0. The Balaban J connectivity index is 2.79. The molecule has 0 amide bonds. The van der Waals surface area contributed by atoms with E-state index in [0.29, 0.717) is 5.39 Å². The van der Waals surface area contributed by atoms with Crippen LogP contribution in [0.25, 0.3) is 10.8 Å². The normalized spacial score (nSPS) is 12.0. The highest BCUT2D eigenvalue weighted by Gasteiger charge is 2.32. The van der Waals surface area contributed by atoms with Crippen LogP contribution in [0.4, 0.5) is 13.2 Å². The van der Waals surface area contributed by atoms with Gasteiger partial charge in [0.15, 0.2) is 0 Å². The first-order valence-electron chi connectivity index (χ1n) is 4.82. The van der Waals surface area contributed by atoms with Gasteiger partial charge in [-0.2, -0.15) is 13.2 Å². The molecule has 2 N–H and O–H groups in total. The number of fused-ring (bicyclic) bond motifs is 1. The van der Waals surface area contributed by atoms with Crippen molar-refractivity contribution in [3.63, 3.8) is 0 Å². The molecule has 84 valence electrons. The fourth-order valence-corrected chi connectivity index (χ4v) is 1.80. The van der Waals surface area contributed by atoms with Crippen molar-refractivity contribution < 1.29 is 13.2 Å². The van der Waals surface area contributed by atoms with Gasteiger partial charge < -0.3 is 5.73 Å². The second-order valence-corrected chi connectivity index (χ2v) is 3.52. The summed E-state index contributed by atoms with van der Waals surface area (Å²) in [5, 5.41) is 0.776. The van der Waals surface area contributed by atoms with Gasteiger partial charge in [0.05, 0.1) is 5.56 Å². The molecule has 0 aliphatic heterocycles. The number of rotatable bonds is 1. The van der Waals surface area contributed by atoms with E-state index in [0.717, 1.165) is 11.6 Å². The van der Waals surface area contributed by atoms with Crippen LogP contribution in [0.5, 0.6) is 0 Å². The molecule has 2 aromatic rings. The fourth-order valence-electron chi connectivity index (χ4n) is 1.80. The van der Waals surface area contributed by atoms with Crippen LogP contribution in [-0.2, 0) is 12.7 Å². The predicted molar refractivity (Wildman–Crippen MR) is 56.8 cm³/mol. The Hall–Kier alpha value is -1.55. The highest BCUT2D eigenvalue weighted by atomic mass is 19.4. The van der Waals surface area contributed by atoms with Crippen molar-refractivity contribution in [3.8, 4) is 0 Å². The Labute approximate surface area is 90.7 Å². The molecule has 0 unspecified atom stereocenters. The molecule has 4 heteroatoms. The topological polar surface area (TPSA) is 26.0 Å². The van der Waals surface area contributed by atoms with Gasteiger partial charge in [-0.1, -0.05) is 30.3 Å². The third-order valence-corrected chi connectivity index (χ3v) is 2.54. The van der Waals surface area contributed by atoms with Gasteiger partial charge in [0, 0.05) is 6.54 Å². The largest absolute Gasteiger partial charge is 0.417 e. The lowest BCUT2D eigenvalue weighted by atomic mass is 10.00. The number of nitrogens with two attached hydrogens (primary N) is 1. The lowest BCUT2D eigenvalue weighted by Crippen LogP contribution is -2.06. The van der Waals surface area contributed by atoms with Crippen LogP contribution in [0.15, 0.2) is 36.4 Å². The number of halogens is 3. The summed E-state index contributed by atoms with van der Waals surface area (Å²) in [5.41, 5.74) is 5.61. The molecule has 0 radical (unpaired) electrons. The monoisotopic (exact) mass is 225 g/mol. The third kappa shape index (κ3) is 1.76. The lowest BCUT2D eigenvalue weighted by Gasteiger charge is -2.11. The van der Waals surface area contributed by atoms with Gasteiger partial charge >= 0.3 is 6.18 Å². The smallest absolute Gasteiger partial charge is 0.326 e. The van der Waals surface area contributed by atoms with Crippen molar-refractivity contribution in [1.29, 1.82) is 0 Å². The fraction of sp³-hybridized carbons (Fsp3) is 0.167. The van der Waals surface area contributed by atoms with Gasteiger partial charge in [-0.15, -0.1) is 0 Å². The number of alkyl halides is 3. The molecule has 0 saturated carbocycles. The second kappa shape index (κ2) is 3.79. The second-order valence-electron chi connectivity index (χ2n) is 3.52. The van der Waals surface area contributed by atoms with Crippen LogP contribution in [0.3, 0.4) is 0 Å². The Kier molecular flexibility index (Phi) is 2.59. The van der Waals surface area contributed by atoms with E-state index in [9.17, 15) is 13.2 Å². The standard InChI is InChI=1S/C12H10F3N/c13-12(14,15)11-6-2-4-9-8(7-16)3-1-5-10(9)11/h1-6H,7,16H2. The molecular weight excluding hydrogens is 215 g/mol. The molecule has 0 fully saturated rings. The summed E-state index contributed by atoms with van der Waals surface area (Å²) >= 11 is 0. The summed E-state index contributed by atoms with van der Waals surface area (Å²) < 4.78 is 38.2. The lowest BCUT2D eigenvalue weighted by molar-refractivity contribution is -0.136.